The van der Waals surface area contributed by atoms with Crippen LogP contribution in [0.2, 0.25) is 0 Å². The maximum atomic E-state index is 9.15. The smallest absolute Gasteiger partial charge is 0.0448 e. The molecule has 0 aromatic rings. The molecule has 15 heavy (non-hydrogen) atoms. The summed E-state index contributed by atoms with van der Waals surface area (Å²) < 4.78 is 0. The maximum Gasteiger partial charge on any atom is 0.0448 e. The van der Waals surface area contributed by atoms with Gasteiger partial charge in [0, 0.05) is 12.1 Å². The van der Waals surface area contributed by atoms with Crippen LogP contribution in [0.5, 0.6) is 0 Å². The molecule has 0 spiro atoms. The number of piperidine rings is 1. The summed E-state index contributed by atoms with van der Waals surface area (Å²) in [6, 6.07) is 0. The summed E-state index contributed by atoms with van der Waals surface area (Å²) in [5.74, 6) is 0. The van der Waals surface area contributed by atoms with Gasteiger partial charge in [-0.05, 0) is 51.9 Å². The maximum absolute atomic E-state index is 9.15. The van der Waals surface area contributed by atoms with E-state index < -0.39 is 0 Å². The summed E-state index contributed by atoms with van der Waals surface area (Å²) in [5, 5.41) is 12.8. The highest BCUT2D eigenvalue weighted by Gasteiger charge is 2.32. The molecule has 3 nitrogen and oxygen atoms in total. The average molecular weight is 214 g/mol. The Bertz CT molecular complexity index is 165. The molecule has 0 radical (unpaired) electrons. The van der Waals surface area contributed by atoms with Crippen molar-refractivity contribution in [1.29, 1.82) is 0 Å². The van der Waals surface area contributed by atoms with E-state index in [-0.39, 0.29) is 5.54 Å². The molecule has 3 heteroatoms. The van der Waals surface area contributed by atoms with Crippen molar-refractivity contribution in [2.75, 3.05) is 32.8 Å². The number of aliphatic hydroxyl groups excluding tert-OH is 1. The van der Waals surface area contributed by atoms with Gasteiger partial charge >= 0.3 is 0 Å². The minimum atomic E-state index is 0.219. The molecule has 0 amide bonds. The zero-order valence-corrected chi connectivity index (χ0v) is 10.3. The Hall–Kier alpha value is -0.120. The monoisotopic (exact) mass is 214 g/mol. The molecule has 0 bridgehead atoms. The average Bonchev–Trinajstić information content (AvgIpc) is 2.28. The van der Waals surface area contributed by atoms with Crippen molar-refractivity contribution in [2.24, 2.45) is 0 Å². The van der Waals surface area contributed by atoms with Crippen molar-refractivity contribution in [1.82, 2.24) is 10.2 Å². The SMILES string of the molecule is CCCNC1(CCO)CCN(CC)CC1. The van der Waals surface area contributed by atoms with Gasteiger partial charge in [-0.25, -0.2) is 0 Å². The fourth-order valence-corrected chi connectivity index (χ4v) is 2.42. The third-order valence-corrected chi connectivity index (χ3v) is 3.60. The quantitative estimate of drug-likeness (QED) is 0.698. The Morgan fingerprint density at radius 1 is 1.27 bits per heavy atom. The Kier molecular flexibility index (Phi) is 5.58. The fourth-order valence-electron chi connectivity index (χ4n) is 2.42. The minimum absolute atomic E-state index is 0.219. The van der Waals surface area contributed by atoms with Gasteiger partial charge in [-0.2, -0.15) is 0 Å². The molecular formula is C12H26N2O. The Morgan fingerprint density at radius 3 is 2.40 bits per heavy atom. The van der Waals surface area contributed by atoms with Crippen LogP contribution in [0.3, 0.4) is 0 Å². The molecule has 0 aromatic heterocycles. The van der Waals surface area contributed by atoms with Gasteiger partial charge in [-0.3, -0.25) is 0 Å². The van der Waals surface area contributed by atoms with Gasteiger partial charge in [-0.15, -0.1) is 0 Å². The van der Waals surface area contributed by atoms with Crippen LogP contribution in [0.1, 0.15) is 39.5 Å². The second-order valence-electron chi connectivity index (χ2n) is 4.61. The molecule has 90 valence electrons. The molecule has 1 aliphatic rings. The number of nitrogens with one attached hydrogen (secondary N) is 1. The molecule has 1 fully saturated rings. The molecule has 0 aliphatic carbocycles. The number of rotatable bonds is 6. The summed E-state index contributed by atoms with van der Waals surface area (Å²) >= 11 is 0. The Morgan fingerprint density at radius 2 is 1.93 bits per heavy atom. The molecular weight excluding hydrogens is 188 g/mol. The van der Waals surface area contributed by atoms with Crippen LogP contribution in [0.25, 0.3) is 0 Å². The van der Waals surface area contributed by atoms with E-state index in [2.05, 4.69) is 24.1 Å². The minimum Gasteiger partial charge on any atom is -0.396 e. The lowest BCUT2D eigenvalue weighted by Gasteiger charge is -2.42. The van der Waals surface area contributed by atoms with Crippen LogP contribution in [0.15, 0.2) is 0 Å². The third-order valence-electron chi connectivity index (χ3n) is 3.60. The van der Waals surface area contributed by atoms with E-state index in [1.807, 2.05) is 0 Å². The van der Waals surface area contributed by atoms with E-state index in [4.69, 9.17) is 5.11 Å². The highest BCUT2D eigenvalue weighted by molar-refractivity contribution is 4.92. The molecule has 0 unspecified atom stereocenters. The van der Waals surface area contributed by atoms with Crippen LogP contribution >= 0.6 is 0 Å². The van der Waals surface area contributed by atoms with E-state index in [9.17, 15) is 0 Å². The largest absolute Gasteiger partial charge is 0.396 e. The standard InChI is InChI=1S/C12H26N2O/c1-3-8-13-12(7-11-15)5-9-14(4-2)10-6-12/h13,15H,3-11H2,1-2H3. The summed E-state index contributed by atoms with van der Waals surface area (Å²) in [6.07, 6.45) is 4.44. The second-order valence-corrected chi connectivity index (χ2v) is 4.61. The van der Waals surface area contributed by atoms with Gasteiger partial charge in [0.05, 0.1) is 0 Å². The van der Waals surface area contributed by atoms with Crippen LogP contribution in [-0.4, -0.2) is 48.3 Å². The normalized spacial score (nSPS) is 21.8. The van der Waals surface area contributed by atoms with Gasteiger partial charge in [0.25, 0.3) is 0 Å². The van der Waals surface area contributed by atoms with Crippen molar-refractivity contribution in [2.45, 2.75) is 45.1 Å². The molecule has 1 rings (SSSR count). The molecule has 0 atom stereocenters. The zero-order chi connectivity index (χ0) is 11.1. The van der Waals surface area contributed by atoms with Gasteiger partial charge in [0.2, 0.25) is 0 Å². The predicted molar refractivity (Wildman–Crippen MR) is 64.1 cm³/mol. The Balaban J connectivity index is 2.44. The number of nitrogens with zero attached hydrogens (tertiary/aromatic N) is 1. The first-order chi connectivity index (χ1) is 7.26. The highest BCUT2D eigenvalue weighted by atomic mass is 16.3. The van der Waals surface area contributed by atoms with Crippen LogP contribution in [-0.2, 0) is 0 Å². The van der Waals surface area contributed by atoms with Gasteiger partial charge in [0.15, 0.2) is 0 Å². The van der Waals surface area contributed by atoms with Crippen LogP contribution < -0.4 is 5.32 Å². The first kappa shape index (κ1) is 12.9. The molecule has 2 N–H and O–H groups in total. The summed E-state index contributed by atoms with van der Waals surface area (Å²) in [4.78, 5) is 2.49. The lowest BCUT2D eigenvalue weighted by molar-refractivity contribution is 0.112. The number of hydrogen-bond donors (Lipinski definition) is 2. The van der Waals surface area contributed by atoms with Gasteiger partial charge < -0.3 is 15.3 Å². The highest BCUT2D eigenvalue weighted by Crippen LogP contribution is 2.25. The first-order valence-electron chi connectivity index (χ1n) is 6.34. The van der Waals surface area contributed by atoms with Crippen LogP contribution in [0.4, 0.5) is 0 Å². The van der Waals surface area contributed by atoms with Crippen molar-refractivity contribution < 1.29 is 5.11 Å². The predicted octanol–water partition coefficient (Wildman–Crippen LogP) is 1.22. The van der Waals surface area contributed by atoms with Crippen molar-refractivity contribution >= 4 is 0 Å². The van der Waals surface area contributed by atoms with Crippen molar-refractivity contribution in [3.8, 4) is 0 Å². The third kappa shape index (κ3) is 3.74. The fraction of sp³-hybridized carbons (Fsp3) is 1.00. The second kappa shape index (κ2) is 6.46. The molecule has 0 saturated carbocycles. The lowest BCUT2D eigenvalue weighted by atomic mass is 9.84. The lowest BCUT2D eigenvalue weighted by Crippen LogP contribution is -2.54. The van der Waals surface area contributed by atoms with Crippen LogP contribution in [0, 0.1) is 0 Å². The Labute approximate surface area is 93.9 Å². The summed E-state index contributed by atoms with van der Waals surface area (Å²) in [5.41, 5.74) is 0.219. The van der Waals surface area contributed by atoms with Crippen molar-refractivity contribution in [3.63, 3.8) is 0 Å². The van der Waals surface area contributed by atoms with Crippen molar-refractivity contribution in [3.05, 3.63) is 0 Å². The van der Waals surface area contributed by atoms with E-state index >= 15 is 0 Å². The number of hydrogen-bond acceptors (Lipinski definition) is 3. The van der Waals surface area contributed by atoms with E-state index in [1.54, 1.807) is 0 Å². The van der Waals surface area contributed by atoms with Gasteiger partial charge in [-0.1, -0.05) is 13.8 Å². The molecule has 1 aliphatic heterocycles. The van der Waals surface area contributed by atoms with E-state index in [0.29, 0.717) is 6.61 Å². The van der Waals surface area contributed by atoms with E-state index in [0.717, 1.165) is 19.5 Å². The number of likely N-dealkylation sites (tertiary alicyclic amines) is 1. The molecule has 0 aromatic carbocycles. The molecule has 1 heterocycles. The molecule has 1 saturated heterocycles. The van der Waals surface area contributed by atoms with Gasteiger partial charge in [0.1, 0.15) is 0 Å². The number of aliphatic hydroxyl groups is 1. The summed E-state index contributed by atoms with van der Waals surface area (Å²) in [7, 11) is 0. The topological polar surface area (TPSA) is 35.5 Å². The van der Waals surface area contributed by atoms with E-state index in [1.165, 1.54) is 32.4 Å². The summed E-state index contributed by atoms with van der Waals surface area (Å²) in [6.45, 7) is 9.30. The zero-order valence-electron chi connectivity index (χ0n) is 10.3. The first-order valence-corrected chi connectivity index (χ1v) is 6.34.